The summed E-state index contributed by atoms with van der Waals surface area (Å²) in [6, 6.07) is -3.95. The molecule has 1 fully saturated rings. The molecule has 1 aromatic carbocycles. The van der Waals surface area contributed by atoms with Crippen molar-refractivity contribution < 1.29 is 58.5 Å². The van der Waals surface area contributed by atoms with Gasteiger partial charge >= 0.3 is 11.9 Å². The Morgan fingerprint density at radius 3 is 2.01 bits per heavy atom. The van der Waals surface area contributed by atoms with Gasteiger partial charge in [-0.1, -0.05) is 18.2 Å². The number of nitrogens with two attached hydrogens (primary N) is 5. The molecule has 1 aliphatic rings. The van der Waals surface area contributed by atoms with Crippen LogP contribution in [0.1, 0.15) is 69.8 Å². The molecule has 7 amide bonds. The summed E-state index contributed by atoms with van der Waals surface area (Å²) in [5, 5.41) is 47.6. The number of aromatic amines is 1. The fourth-order valence-corrected chi connectivity index (χ4v) is 6.96. The van der Waals surface area contributed by atoms with E-state index in [1.165, 1.54) is 0 Å². The number of para-hydroxylation sites is 1. The van der Waals surface area contributed by atoms with Crippen LogP contribution in [0.15, 0.2) is 40.4 Å². The Morgan fingerprint density at radius 2 is 1.35 bits per heavy atom. The third kappa shape index (κ3) is 18.7. The normalized spacial score (nSPS) is 22.3. The Kier molecular flexibility index (Phi) is 22.4. The number of nitrogens with zero attached hydrogens (tertiary/aromatic N) is 2. The Balaban J connectivity index is 2.07. The Bertz CT molecular complexity index is 2160. The molecule has 0 spiro atoms. The number of hydrogen-bond acceptors (Lipinski definition) is 13. The first-order chi connectivity index (χ1) is 32.3. The van der Waals surface area contributed by atoms with Crippen LogP contribution in [0.5, 0.6) is 0 Å². The monoisotopic (exact) mass is 957 g/mol. The van der Waals surface area contributed by atoms with Crippen molar-refractivity contribution in [1.29, 1.82) is 0 Å². The molecule has 374 valence electrons. The predicted molar refractivity (Wildman–Crippen MR) is 244 cm³/mol. The summed E-state index contributed by atoms with van der Waals surface area (Å²) in [6.07, 6.45) is 0.00756. The highest BCUT2D eigenvalue weighted by Gasteiger charge is 2.35. The van der Waals surface area contributed by atoms with E-state index in [1.54, 1.807) is 30.5 Å². The van der Waals surface area contributed by atoms with Crippen LogP contribution in [0.4, 0.5) is 0 Å². The molecule has 0 aliphatic carbocycles. The molecular formula is C41H63N15O12. The number of carbonyl (C=O) groups is 9. The molecule has 1 saturated heterocycles. The van der Waals surface area contributed by atoms with Gasteiger partial charge in [0.05, 0.1) is 19.1 Å². The molecule has 0 bridgehead atoms. The molecule has 1 aliphatic heterocycles. The van der Waals surface area contributed by atoms with E-state index in [2.05, 4.69) is 52.2 Å². The summed E-state index contributed by atoms with van der Waals surface area (Å²) in [4.78, 5) is 131. The second-order valence-corrected chi connectivity index (χ2v) is 15.9. The average Bonchev–Trinajstić information content (AvgIpc) is 3.69. The van der Waals surface area contributed by atoms with Crippen molar-refractivity contribution in [2.24, 2.45) is 38.7 Å². The number of benzene rings is 1. The average molecular weight is 958 g/mol. The predicted octanol–water partition coefficient (Wildman–Crippen LogP) is -5.31. The van der Waals surface area contributed by atoms with E-state index in [9.17, 15) is 58.5 Å². The summed E-state index contributed by atoms with van der Waals surface area (Å²) in [5.74, 6) is -10.2. The first-order valence-electron chi connectivity index (χ1n) is 21.8. The topological polar surface area (TPSA) is 469 Å². The lowest BCUT2D eigenvalue weighted by Gasteiger charge is -2.27. The number of amides is 7. The van der Waals surface area contributed by atoms with Crippen molar-refractivity contribution >= 4 is 76.1 Å². The molecule has 0 saturated carbocycles. The number of H-pyrrole nitrogens is 1. The van der Waals surface area contributed by atoms with E-state index in [1.807, 2.05) is 0 Å². The zero-order valence-electron chi connectivity index (χ0n) is 37.3. The largest absolute Gasteiger partial charge is 0.481 e. The maximum Gasteiger partial charge on any atom is 0.326 e. The van der Waals surface area contributed by atoms with Crippen molar-refractivity contribution in [2.75, 3.05) is 26.2 Å². The summed E-state index contributed by atoms with van der Waals surface area (Å²) in [7, 11) is 0. The van der Waals surface area contributed by atoms with E-state index in [-0.39, 0.29) is 70.1 Å². The van der Waals surface area contributed by atoms with E-state index >= 15 is 0 Å². The first kappa shape index (κ1) is 54.8. The van der Waals surface area contributed by atoms with Crippen molar-refractivity contribution in [3.8, 4) is 0 Å². The van der Waals surface area contributed by atoms with Crippen LogP contribution in [-0.4, -0.2) is 154 Å². The number of aliphatic carboxylic acids is 2. The smallest absolute Gasteiger partial charge is 0.326 e. The number of carboxylic acids is 2. The van der Waals surface area contributed by atoms with Crippen LogP contribution in [0, 0.1) is 0 Å². The van der Waals surface area contributed by atoms with Crippen molar-refractivity contribution in [3.05, 3.63) is 36.0 Å². The van der Waals surface area contributed by atoms with E-state index < -0.39 is 121 Å². The van der Waals surface area contributed by atoms with Gasteiger partial charge in [-0.05, 0) is 63.0 Å². The lowest BCUT2D eigenvalue weighted by Crippen LogP contribution is -2.60. The number of aliphatic hydroxyl groups excluding tert-OH is 1. The second kappa shape index (κ2) is 27.8. The summed E-state index contributed by atoms with van der Waals surface area (Å²) >= 11 is 0. The number of carbonyl (C=O) groups excluding carboxylic acids is 7. The van der Waals surface area contributed by atoms with Crippen LogP contribution in [0.3, 0.4) is 0 Å². The molecule has 21 N–H and O–H groups in total. The van der Waals surface area contributed by atoms with Gasteiger partial charge in [-0.25, -0.2) is 4.79 Å². The van der Waals surface area contributed by atoms with Gasteiger partial charge in [-0.3, -0.25) is 48.3 Å². The van der Waals surface area contributed by atoms with Gasteiger partial charge in [0.2, 0.25) is 41.4 Å². The lowest BCUT2D eigenvalue weighted by atomic mass is 10.0. The minimum Gasteiger partial charge on any atom is -0.481 e. The number of guanidine groups is 2. The zero-order chi connectivity index (χ0) is 50.3. The highest BCUT2D eigenvalue weighted by atomic mass is 16.4. The molecular weight excluding hydrogens is 895 g/mol. The Hall–Kier alpha value is -7.55. The van der Waals surface area contributed by atoms with Crippen LogP contribution in [0.2, 0.25) is 0 Å². The molecule has 7 atom stereocenters. The van der Waals surface area contributed by atoms with Gasteiger partial charge < -0.3 is 86.2 Å². The number of nitrogens with one attached hydrogen (secondary N) is 8. The van der Waals surface area contributed by atoms with E-state index in [0.717, 1.165) is 0 Å². The molecule has 0 unspecified atom stereocenters. The van der Waals surface area contributed by atoms with Crippen LogP contribution >= 0.6 is 0 Å². The van der Waals surface area contributed by atoms with Gasteiger partial charge in [0.25, 0.3) is 0 Å². The van der Waals surface area contributed by atoms with Gasteiger partial charge in [-0.15, -0.1) is 0 Å². The number of fused-ring (bicyclic) bond motifs is 1. The molecule has 27 nitrogen and oxygen atoms in total. The quantitative estimate of drug-likeness (QED) is 0.0424. The van der Waals surface area contributed by atoms with Gasteiger partial charge in [0.15, 0.2) is 11.9 Å². The molecule has 27 heteroatoms. The summed E-state index contributed by atoms with van der Waals surface area (Å²) in [6.45, 7) is -0.797. The van der Waals surface area contributed by atoms with Gasteiger partial charge in [-0.2, -0.15) is 0 Å². The lowest BCUT2D eigenvalue weighted by molar-refractivity contribution is -0.143. The SMILES string of the molecule is NC(N)=NCCC[C@H](NC(=O)[C@H]1CCC(=O)NCCCC[C@@H](N)C(=O)N[C@@H](CO)C(=O)N[C@@H](CCCN=C(N)N)C(=O)N[C@@H](Cc2c[nH]c3ccccc23)C(=O)N[C@@H](CC(=O)O)C(=O)N1)C(=O)O. The summed E-state index contributed by atoms with van der Waals surface area (Å²) in [5.41, 5.74) is 28.8. The van der Waals surface area contributed by atoms with Crippen LogP contribution in [0.25, 0.3) is 10.9 Å². The summed E-state index contributed by atoms with van der Waals surface area (Å²) < 4.78 is 0. The van der Waals surface area contributed by atoms with Crippen molar-refractivity contribution in [3.63, 3.8) is 0 Å². The first-order valence-corrected chi connectivity index (χ1v) is 21.8. The highest BCUT2D eigenvalue weighted by molar-refractivity contribution is 5.98. The Labute approximate surface area is 390 Å². The fourth-order valence-electron chi connectivity index (χ4n) is 6.96. The minimum atomic E-state index is -1.93. The number of aromatic nitrogens is 1. The standard InChI is InChI=1S/C41H63N15O12/c42-23-8-3-4-14-47-31(58)13-12-26(35(63)53-27(39(67)68)11-6-16-49-41(45)46)52-37(65)29(18-32(59)60)55-36(64)28(17-21-19-50-24-9-2-1-7-22(21)24)54-34(62)25(10-5-15-48-40(43)44)51-38(66)30(20-57)56-33(23)61/h1-2,7,9,19,23,25-30,50,57H,3-6,8,10-18,20,42H2,(H,47,58)(H,51,66)(H,52,65)(H,53,63)(H,54,62)(H,55,64)(H,56,61)(H,59,60)(H,67,68)(H4,43,44,48)(H4,45,46,49)/t23-,25+,26-,27+,28+,29+,30+/m1/s1. The minimum absolute atomic E-state index is 0.00131. The van der Waals surface area contributed by atoms with E-state index in [0.29, 0.717) is 29.3 Å². The third-order valence-corrected chi connectivity index (χ3v) is 10.6. The van der Waals surface area contributed by atoms with E-state index in [4.69, 9.17) is 28.7 Å². The zero-order valence-corrected chi connectivity index (χ0v) is 37.3. The number of aliphatic imine (C=N–C) groups is 2. The molecule has 2 heterocycles. The molecule has 3 rings (SSSR count). The number of rotatable bonds is 16. The number of hydrogen-bond donors (Lipinski definition) is 16. The fraction of sp³-hybridized carbons (Fsp3) is 0.537. The third-order valence-electron chi connectivity index (χ3n) is 10.6. The van der Waals surface area contributed by atoms with Crippen LogP contribution < -0.4 is 65.9 Å². The molecule has 68 heavy (non-hydrogen) atoms. The highest BCUT2D eigenvalue weighted by Crippen LogP contribution is 2.20. The number of aliphatic hydroxyl groups is 1. The molecule has 2 aromatic rings. The maximum atomic E-state index is 14.3. The molecule has 0 radical (unpaired) electrons. The number of carboxylic acid groups (broad SMARTS) is 2. The second-order valence-electron chi connectivity index (χ2n) is 15.9. The van der Waals surface area contributed by atoms with Gasteiger partial charge in [0.1, 0.15) is 36.3 Å². The Morgan fingerprint density at radius 1 is 0.750 bits per heavy atom. The maximum absolute atomic E-state index is 14.3. The molecule has 1 aromatic heterocycles. The van der Waals surface area contributed by atoms with Crippen molar-refractivity contribution in [1.82, 2.24) is 42.2 Å². The van der Waals surface area contributed by atoms with Crippen LogP contribution in [-0.2, 0) is 49.6 Å². The van der Waals surface area contributed by atoms with Crippen molar-refractivity contribution in [2.45, 2.75) is 113 Å². The van der Waals surface area contributed by atoms with Gasteiger partial charge in [0, 0.05) is 49.6 Å².